The Morgan fingerprint density at radius 3 is 2.70 bits per heavy atom. The van der Waals surface area contributed by atoms with Gasteiger partial charge in [-0.3, -0.25) is 9.97 Å². The topological polar surface area (TPSA) is 99.8 Å². The van der Waals surface area contributed by atoms with E-state index in [0.717, 1.165) is 11.4 Å². The molecular weight excluding hydrogens is 278 g/mol. The van der Waals surface area contributed by atoms with Gasteiger partial charge in [0.15, 0.2) is 0 Å². The summed E-state index contributed by atoms with van der Waals surface area (Å²) < 4.78 is 26.7. The molecule has 0 saturated heterocycles. The van der Waals surface area contributed by atoms with E-state index in [9.17, 15) is 8.42 Å². The van der Waals surface area contributed by atoms with Gasteiger partial charge in [-0.1, -0.05) is 0 Å². The fourth-order valence-corrected chi connectivity index (χ4v) is 2.65. The molecule has 0 aliphatic heterocycles. The van der Waals surface area contributed by atoms with Gasteiger partial charge in [-0.05, 0) is 20.0 Å². The van der Waals surface area contributed by atoms with Gasteiger partial charge in [-0.15, -0.1) is 0 Å². The summed E-state index contributed by atoms with van der Waals surface area (Å²) in [5, 5.41) is 2.95. The molecule has 0 fully saturated rings. The minimum Gasteiger partial charge on any atom is -0.363 e. The van der Waals surface area contributed by atoms with Gasteiger partial charge in [0.05, 0.1) is 29.0 Å². The Kier molecular flexibility index (Phi) is 4.48. The van der Waals surface area contributed by atoms with Crippen LogP contribution in [0.5, 0.6) is 0 Å². The van der Waals surface area contributed by atoms with Crippen LogP contribution in [-0.4, -0.2) is 30.4 Å². The van der Waals surface area contributed by atoms with Gasteiger partial charge in [0.1, 0.15) is 0 Å². The lowest BCUT2D eigenvalue weighted by Crippen LogP contribution is -2.23. The standard InChI is InChI=1S/C12H17N5O2S/c1-9-4-15-11(6-14-9)7-17-20(18,19)12-3-10(5-13-2)16-8-12/h3-4,6,8,13,16-17H,5,7H2,1-2H3. The van der Waals surface area contributed by atoms with E-state index in [4.69, 9.17) is 0 Å². The van der Waals surface area contributed by atoms with Gasteiger partial charge in [0, 0.05) is 24.6 Å². The Hall–Kier alpha value is -1.77. The van der Waals surface area contributed by atoms with Crippen LogP contribution in [0.25, 0.3) is 0 Å². The summed E-state index contributed by atoms with van der Waals surface area (Å²) in [6, 6.07) is 1.60. The van der Waals surface area contributed by atoms with Crippen LogP contribution in [0.15, 0.2) is 29.6 Å². The van der Waals surface area contributed by atoms with Crippen LogP contribution in [0.4, 0.5) is 0 Å². The number of aromatic amines is 1. The van der Waals surface area contributed by atoms with Crippen LogP contribution in [0.1, 0.15) is 17.1 Å². The van der Waals surface area contributed by atoms with Gasteiger partial charge in [0.2, 0.25) is 10.0 Å². The zero-order valence-electron chi connectivity index (χ0n) is 11.3. The molecule has 0 atom stereocenters. The molecule has 2 aromatic heterocycles. The fourth-order valence-electron chi connectivity index (χ4n) is 1.63. The zero-order chi connectivity index (χ0) is 14.6. The number of nitrogens with zero attached hydrogens (tertiary/aromatic N) is 2. The molecule has 0 bridgehead atoms. The normalized spacial score (nSPS) is 11.7. The number of H-pyrrole nitrogens is 1. The molecule has 2 aromatic rings. The molecule has 0 unspecified atom stereocenters. The summed E-state index contributed by atoms with van der Waals surface area (Å²) in [7, 11) is -1.75. The number of hydrogen-bond acceptors (Lipinski definition) is 5. The van der Waals surface area contributed by atoms with Gasteiger partial charge in [-0.25, -0.2) is 13.1 Å². The Bertz CT molecular complexity index is 663. The summed E-state index contributed by atoms with van der Waals surface area (Å²) in [6.45, 7) is 2.52. The second-order valence-corrected chi connectivity index (χ2v) is 6.13. The van der Waals surface area contributed by atoms with Crippen LogP contribution >= 0.6 is 0 Å². The predicted molar refractivity (Wildman–Crippen MR) is 74.4 cm³/mol. The quantitative estimate of drug-likeness (QED) is 0.712. The van der Waals surface area contributed by atoms with E-state index in [1.807, 2.05) is 6.92 Å². The summed E-state index contributed by atoms with van der Waals surface area (Å²) in [4.78, 5) is 11.3. The minimum absolute atomic E-state index is 0.113. The van der Waals surface area contributed by atoms with Crippen molar-refractivity contribution in [1.29, 1.82) is 0 Å². The lowest BCUT2D eigenvalue weighted by Gasteiger charge is -2.04. The SMILES string of the molecule is CNCc1cc(S(=O)(=O)NCc2cnc(C)cn2)c[nH]1. The molecule has 7 nitrogen and oxygen atoms in total. The van der Waals surface area contributed by atoms with Crippen molar-refractivity contribution in [2.45, 2.75) is 24.9 Å². The second-order valence-electron chi connectivity index (χ2n) is 4.36. The molecule has 0 aromatic carbocycles. The largest absolute Gasteiger partial charge is 0.363 e. The van der Waals surface area contributed by atoms with Gasteiger partial charge in [-0.2, -0.15) is 0 Å². The Labute approximate surface area is 117 Å². The first kappa shape index (κ1) is 14.6. The highest BCUT2D eigenvalue weighted by Crippen LogP contribution is 2.11. The molecule has 0 amide bonds. The molecule has 0 spiro atoms. The molecule has 2 rings (SSSR count). The van der Waals surface area contributed by atoms with E-state index in [2.05, 4.69) is 25.0 Å². The first-order valence-electron chi connectivity index (χ1n) is 6.10. The number of aromatic nitrogens is 3. The Morgan fingerprint density at radius 1 is 1.25 bits per heavy atom. The molecule has 8 heteroatoms. The molecule has 20 heavy (non-hydrogen) atoms. The molecule has 0 aliphatic carbocycles. The van der Waals surface area contributed by atoms with Crippen LogP contribution in [0.3, 0.4) is 0 Å². The van der Waals surface area contributed by atoms with Crippen molar-refractivity contribution >= 4 is 10.0 Å². The number of sulfonamides is 1. The molecular formula is C12H17N5O2S. The van der Waals surface area contributed by atoms with Gasteiger partial charge in [0.25, 0.3) is 0 Å². The molecule has 3 N–H and O–H groups in total. The molecule has 0 saturated carbocycles. The highest BCUT2D eigenvalue weighted by atomic mass is 32.2. The first-order valence-corrected chi connectivity index (χ1v) is 7.58. The average Bonchev–Trinajstić information content (AvgIpc) is 2.88. The molecule has 108 valence electrons. The zero-order valence-corrected chi connectivity index (χ0v) is 12.2. The van der Waals surface area contributed by atoms with Crippen LogP contribution in [0.2, 0.25) is 0 Å². The fraction of sp³-hybridized carbons (Fsp3) is 0.333. The highest BCUT2D eigenvalue weighted by molar-refractivity contribution is 7.89. The Balaban J connectivity index is 2.04. The Morgan fingerprint density at radius 2 is 2.05 bits per heavy atom. The van der Waals surface area contributed by atoms with E-state index in [0.29, 0.717) is 12.2 Å². The van der Waals surface area contributed by atoms with Crippen LogP contribution in [-0.2, 0) is 23.1 Å². The molecule has 0 aliphatic rings. The molecule has 0 radical (unpaired) electrons. The smallest absolute Gasteiger partial charge is 0.242 e. The van der Waals surface area contributed by atoms with Crippen LogP contribution in [0, 0.1) is 6.92 Å². The maximum atomic E-state index is 12.1. The lowest BCUT2D eigenvalue weighted by molar-refractivity contribution is 0.580. The van der Waals surface area contributed by atoms with Crippen molar-refractivity contribution in [2.75, 3.05) is 7.05 Å². The summed E-state index contributed by atoms with van der Waals surface area (Å²) in [5.74, 6) is 0. The summed E-state index contributed by atoms with van der Waals surface area (Å²) >= 11 is 0. The minimum atomic E-state index is -3.54. The van der Waals surface area contributed by atoms with Crippen molar-refractivity contribution < 1.29 is 8.42 Å². The predicted octanol–water partition coefficient (Wildman–Crippen LogP) is 0.311. The number of rotatable bonds is 6. The molecule has 2 heterocycles. The second kappa shape index (κ2) is 6.12. The van der Waals surface area contributed by atoms with Gasteiger partial charge < -0.3 is 10.3 Å². The van der Waals surface area contributed by atoms with Crippen molar-refractivity contribution in [3.63, 3.8) is 0 Å². The van der Waals surface area contributed by atoms with Crippen molar-refractivity contribution in [3.8, 4) is 0 Å². The van der Waals surface area contributed by atoms with E-state index in [1.54, 1.807) is 25.5 Å². The third-order valence-corrected chi connectivity index (χ3v) is 4.05. The van der Waals surface area contributed by atoms with Crippen molar-refractivity contribution in [3.05, 3.63) is 41.7 Å². The number of nitrogens with one attached hydrogen (secondary N) is 3. The third kappa shape index (κ3) is 3.62. The van der Waals surface area contributed by atoms with Gasteiger partial charge >= 0.3 is 0 Å². The maximum absolute atomic E-state index is 12.1. The lowest BCUT2D eigenvalue weighted by atomic mass is 10.4. The van der Waals surface area contributed by atoms with E-state index >= 15 is 0 Å². The van der Waals surface area contributed by atoms with Crippen LogP contribution < -0.4 is 10.0 Å². The van der Waals surface area contributed by atoms with E-state index in [1.165, 1.54) is 6.20 Å². The summed E-state index contributed by atoms with van der Waals surface area (Å²) in [5.41, 5.74) is 2.17. The number of hydrogen-bond donors (Lipinski definition) is 3. The van der Waals surface area contributed by atoms with E-state index in [-0.39, 0.29) is 11.4 Å². The summed E-state index contributed by atoms with van der Waals surface area (Å²) in [6.07, 6.45) is 4.63. The third-order valence-electron chi connectivity index (χ3n) is 2.67. The average molecular weight is 295 g/mol. The van der Waals surface area contributed by atoms with Crippen molar-refractivity contribution in [1.82, 2.24) is 25.0 Å². The first-order chi connectivity index (χ1) is 9.51. The highest BCUT2D eigenvalue weighted by Gasteiger charge is 2.15. The maximum Gasteiger partial charge on any atom is 0.242 e. The number of aryl methyl sites for hydroxylation is 1. The monoisotopic (exact) mass is 295 g/mol. The van der Waals surface area contributed by atoms with E-state index < -0.39 is 10.0 Å². The van der Waals surface area contributed by atoms with Crippen molar-refractivity contribution in [2.24, 2.45) is 0 Å².